The molecule has 0 spiro atoms. The number of nitrogens with zero attached hydrogens (tertiary/aromatic N) is 3. The van der Waals surface area contributed by atoms with Crippen LogP contribution in [0.4, 0.5) is 0 Å². The van der Waals surface area contributed by atoms with Gasteiger partial charge in [0.15, 0.2) is 11.0 Å². The van der Waals surface area contributed by atoms with E-state index in [4.69, 9.17) is 4.74 Å². The van der Waals surface area contributed by atoms with Crippen LogP contribution in [0.3, 0.4) is 0 Å². The lowest BCUT2D eigenvalue weighted by Crippen LogP contribution is -2.30. The highest BCUT2D eigenvalue weighted by Crippen LogP contribution is 2.31. The number of benzene rings is 1. The first-order valence-corrected chi connectivity index (χ1v) is 10.1. The van der Waals surface area contributed by atoms with Gasteiger partial charge in [0.05, 0.1) is 12.4 Å². The average Bonchev–Trinajstić information content (AvgIpc) is 2.95. The van der Waals surface area contributed by atoms with Crippen molar-refractivity contribution in [3.05, 3.63) is 24.3 Å². The van der Waals surface area contributed by atoms with Crippen LogP contribution in [0.5, 0.6) is 5.75 Å². The number of amides is 1. The van der Waals surface area contributed by atoms with Gasteiger partial charge in [0.1, 0.15) is 5.75 Å². The average molecular weight is 375 g/mol. The predicted octanol–water partition coefficient (Wildman–Crippen LogP) is 3.51. The van der Waals surface area contributed by atoms with Gasteiger partial charge in [-0.15, -0.1) is 10.2 Å². The maximum Gasteiger partial charge on any atom is 0.233 e. The fourth-order valence-corrected chi connectivity index (χ4v) is 4.12. The number of thioether (sulfide) groups is 1. The minimum atomic E-state index is -0.0919. The predicted molar refractivity (Wildman–Crippen MR) is 103 cm³/mol. The van der Waals surface area contributed by atoms with E-state index < -0.39 is 0 Å². The first-order valence-electron chi connectivity index (χ1n) is 9.25. The molecule has 1 fully saturated rings. The molecule has 1 unspecified atom stereocenters. The summed E-state index contributed by atoms with van der Waals surface area (Å²) < 4.78 is 7.39. The normalized spacial score (nSPS) is 17.6. The molecule has 2 heterocycles. The highest BCUT2D eigenvalue weighted by atomic mass is 32.2. The Morgan fingerprint density at radius 1 is 1.27 bits per heavy atom. The van der Waals surface area contributed by atoms with Crippen molar-refractivity contribution in [2.24, 2.45) is 0 Å². The maximum atomic E-state index is 12.3. The van der Waals surface area contributed by atoms with E-state index in [0.717, 1.165) is 67.5 Å². The Balaban J connectivity index is 1.87. The second-order valence-electron chi connectivity index (χ2n) is 6.43. The largest absolute Gasteiger partial charge is 0.497 e. The molecule has 6 nitrogen and oxygen atoms in total. The van der Waals surface area contributed by atoms with Crippen LogP contribution in [0.15, 0.2) is 29.4 Å². The molecule has 3 rings (SSSR count). The van der Waals surface area contributed by atoms with E-state index in [1.165, 1.54) is 11.8 Å². The molecule has 1 saturated heterocycles. The highest BCUT2D eigenvalue weighted by molar-refractivity contribution is 8.00. The molecule has 0 saturated carbocycles. The summed E-state index contributed by atoms with van der Waals surface area (Å²) in [6, 6.07) is 7.86. The standard InChI is InChI=1S/C19H26N4O2S/c1-3-4-13-23-17(14-8-10-15(25-2)11-9-14)21-22-19(23)26-16-7-5-6-12-20-18(16)24/h8-11,16H,3-7,12-13H2,1-2H3,(H,20,24). The summed E-state index contributed by atoms with van der Waals surface area (Å²) in [5.41, 5.74) is 1.01. The van der Waals surface area contributed by atoms with Crippen LogP contribution >= 0.6 is 11.8 Å². The van der Waals surface area contributed by atoms with Gasteiger partial charge in [-0.05, 0) is 43.5 Å². The van der Waals surface area contributed by atoms with Gasteiger partial charge in [-0.2, -0.15) is 0 Å². The van der Waals surface area contributed by atoms with Crippen LogP contribution in [0.2, 0.25) is 0 Å². The van der Waals surface area contributed by atoms with Crippen LogP contribution in [-0.2, 0) is 11.3 Å². The van der Waals surface area contributed by atoms with Gasteiger partial charge in [0, 0.05) is 18.7 Å². The monoisotopic (exact) mass is 374 g/mol. The molecule has 0 aliphatic carbocycles. The number of ether oxygens (including phenoxy) is 1. The Labute approximate surface area is 158 Å². The van der Waals surface area contributed by atoms with Crippen molar-refractivity contribution in [2.45, 2.75) is 56.0 Å². The van der Waals surface area contributed by atoms with E-state index in [1.54, 1.807) is 7.11 Å². The van der Waals surface area contributed by atoms with Crippen LogP contribution in [-0.4, -0.2) is 39.6 Å². The van der Waals surface area contributed by atoms with Crippen molar-refractivity contribution < 1.29 is 9.53 Å². The third-order valence-electron chi connectivity index (χ3n) is 4.53. The van der Waals surface area contributed by atoms with E-state index in [0.29, 0.717) is 0 Å². The number of methoxy groups -OCH3 is 1. The lowest BCUT2D eigenvalue weighted by atomic mass is 10.2. The van der Waals surface area contributed by atoms with Gasteiger partial charge >= 0.3 is 0 Å². The first kappa shape index (κ1) is 18.8. The summed E-state index contributed by atoms with van der Waals surface area (Å²) in [5.74, 6) is 1.78. The molecule has 140 valence electrons. The van der Waals surface area contributed by atoms with Gasteiger partial charge in [0.2, 0.25) is 5.91 Å². The van der Waals surface area contributed by atoms with E-state index in [2.05, 4.69) is 27.0 Å². The van der Waals surface area contributed by atoms with Crippen LogP contribution < -0.4 is 10.1 Å². The number of carbonyl (C=O) groups is 1. The van der Waals surface area contributed by atoms with Gasteiger partial charge in [-0.1, -0.05) is 31.5 Å². The Hall–Kier alpha value is -2.02. The van der Waals surface area contributed by atoms with E-state index in [-0.39, 0.29) is 11.2 Å². The Morgan fingerprint density at radius 2 is 2.08 bits per heavy atom. The number of hydrogen-bond donors (Lipinski definition) is 1. The minimum Gasteiger partial charge on any atom is -0.497 e. The first-order chi connectivity index (χ1) is 12.7. The fourth-order valence-electron chi connectivity index (χ4n) is 3.00. The summed E-state index contributed by atoms with van der Waals surface area (Å²) in [7, 11) is 1.66. The molecule has 1 aromatic heterocycles. The van der Waals surface area contributed by atoms with Gasteiger partial charge in [0.25, 0.3) is 0 Å². The highest BCUT2D eigenvalue weighted by Gasteiger charge is 2.25. The fraction of sp³-hybridized carbons (Fsp3) is 0.526. The van der Waals surface area contributed by atoms with Gasteiger partial charge in [-0.3, -0.25) is 4.79 Å². The number of unbranched alkanes of at least 4 members (excludes halogenated alkanes) is 1. The summed E-state index contributed by atoms with van der Waals surface area (Å²) in [6.07, 6.45) is 5.13. The van der Waals surface area contributed by atoms with E-state index >= 15 is 0 Å². The number of carbonyl (C=O) groups excluding carboxylic acids is 1. The molecule has 1 atom stereocenters. The molecule has 0 bridgehead atoms. The maximum absolute atomic E-state index is 12.3. The molecular weight excluding hydrogens is 348 g/mol. The van der Waals surface area contributed by atoms with Crippen LogP contribution in [0.25, 0.3) is 11.4 Å². The summed E-state index contributed by atoms with van der Waals surface area (Å²) >= 11 is 1.54. The lowest BCUT2D eigenvalue weighted by molar-refractivity contribution is -0.120. The van der Waals surface area contributed by atoms with Crippen molar-refractivity contribution in [1.82, 2.24) is 20.1 Å². The van der Waals surface area contributed by atoms with Crippen molar-refractivity contribution in [3.8, 4) is 17.1 Å². The summed E-state index contributed by atoms with van der Waals surface area (Å²) in [5, 5.41) is 12.6. The van der Waals surface area contributed by atoms with Crippen LogP contribution in [0.1, 0.15) is 39.0 Å². The van der Waals surface area contributed by atoms with Crippen molar-refractivity contribution in [2.75, 3.05) is 13.7 Å². The lowest BCUT2D eigenvalue weighted by Gasteiger charge is -2.14. The Kier molecular flexibility index (Phi) is 6.55. The molecular formula is C19H26N4O2S. The topological polar surface area (TPSA) is 69.0 Å². The molecule has 1 aliphatic rings. The van der Waals surface area contributed by atoms with Crippen molar-refractivity contribution >= 4 is 17.7 Å². The van der Waals surface area contributed by atoms with E-state index in [1.807, 2.05) is 24.3 Å². The van der Waals surface area contributed by atoms with Gasteiger partial charge in [-0.25, -0.2) is 0 Å². The van der Waals surface area contributed by atoms with Crippen molar-refractivity contribution in [3.63, 3.8) is 0 Å². The number of hydrogen-bond acceptors (Lipinski definition) is 5. The van der Waals surface area contributed by atoms with Crippen LogP contribution in [0, 0.1) is 0 Å². The molecule has 0 radical (unpaired) electrons. The Morgan fingerprint density at radius 3 is 2.81 bits per heavy atom. The second kappa shape index (κ2) is 9.07. The zero-order chi connectivity index (χ0) is 18.4. The molecule has 1 aliphatic heterocycles. The van der Waals surface area contributed by atoms with Crippen molar-refractivity contribution in [1.29, 1.82) is 0 Å². The van der Waals surface area contributed by atoms with Gasteiger partial charge < -0.3 is 14.6 Å². The number of aromatic nitrogens is 3. The minimum absolute atomic E-state index is 0.0919. The van der Waals surface area contributed by atoms with E-state index in [9.17, 15) is 4.79 Å². The summed E-state index contributed by atoms with van der Waals surface area (Å²) in [6.45, 7) is 3.79. The second-order valence-corrected chi connectivity index (χ2v) is 7.60. The molecule has 2 aromatic rings. The Bertz CT molecular complexity index is 730. The summed E-state index contributed by atoms with van der Waals surface area (Å²) in [4.78, 5) is 12.3. The smallest absolute Gasteiger partial charge is 0.233 e. The third kappa shape index (κ3) is 4.38. The zero-order valence-electron chi connectivity index (χ0n) is 15.4. The quantitative estimate of drug-likeness (QED) is 0.803. The number of nitrogens with one attached hydrogen (secondary N) is 1. The third-order valence-corrected chi connectivity index (χ3v) is 5.78. The molecule has 1 amide bonds. The molecule has 26 heavy (non-hydrogen) atoms. The zero-order valence-corrected chi connectivity index (χ0v) is 16.2. The SMILES string of the molecule is CCCCn1c(SC2CCCCNC2=O)nnc1-c1ccc(OC)cc1. The number of rotatable bonds is 7. The molecule has 1 aromatic carbocycles. The molecule has 7 heteroatoms. The molecule has 1 N–H and O–H groups in total.